The Kier molecular flexibility index (Phi) is 12.4. The molecule has 2 heteroatoms. The Morgan fingerprint density at radius 3 is 1.35 bits per heavy atom. The fraction of sp³-hybridized carbons (Fsp3) is 0.933. The topological polar surface area (TPSA) is 37.3 Å². The molecule has 0 radical (unpaired) electrons. The van der Waals surface area contributed by atoms with Crippen LogP contribution in [0.3, 0.4) is 0 Å². The summed E-state index contributed by atoms with van der Waals surface area (Å²) < 4.78 is 0. The molecule has 0 aromatic heterocycles. The van der Waals surface area contributed by atoms with E-state index >= 15 is 0 Å². The first-order valence-electron chi connectivity index (χ1n) is 6.49. The molecule has 2 nitrogen and oxygen atoms in total. The van der Waals surface area contributed by atoms with E-state index in [2.05, 4.69) is 41.5 Å². The van der Waals surface area contributed by atoms with E-state index in [4.69, 9.17) is 5.11 Å². The molecule has 0 bridgehead atoms. The Morgan fingerprint density at radius 1 is 1.00 bits per heavy atom. The molecule has 0 aliphatic heterocycles. The number of aliphatic hydroxyl groups is 1. The lowest BCUT2D eigenvalue weighted by Gasteiger charge is -2.33. The Hall–Kier alpha value is -0.370. The highest BCUT2D eigenvalue weighted by Gasteiger charge is 2.31. The van der Waals surface area contributed by atoms with Gasteiger partial charge in [-0.15, -0.1) is 0 Å². The minimum absolute atomic E-state index is 0.0963. The third-order valence-electron chi connectivity index (χ3n) is 2.35. The lowest BCUT2D eigenvalue weighted by molar-refractivity contribution is -0.125. The lowest BCUT2D eigenvalue weighted by Crippen LogP contribution is -2.30. The van der Waals surface area contributed by atoms with Crippen molar-refractivity contribution in [2.45, 2.75) is 68.7 Å². The summed E-state index contributed by atoms with van der Waals surface area (Å²) >= 11 is 0. The molecule has 106 valence electrons. The average Bonchev–Trinajstić information content (AvgIpc) is 2.17. The van der Waals surface area contributed by atoms with Crippen molar-refractivity contribution in [3.63, 3.8) is 0 Å². The summed E-state index contributed by atoms with van der Waals surface area (Å²) in [7, 11) is 1.00. The maximum atomic E-state index is 11.5. The summed E-state index contributed by atoms with van der Waals surface area (Å²) in [5.41, 5.74) is 0.336. The maximum Gasteiger partial charge on any atom is 0.133 e. The first kappa shape index (κ1) is 21.9. The van der Waals surface area contributed by atoms with E-state index in [1.54, 1.807) is 6.92 Å². The van der Waals surface area contributed by atoms with E-state index in [0.29, 0.717) is 5.78 Å². The van der Waals surface area contributed by atoms with Crippen molar-refractivity contribution in [2.75, 3.05) is 7.11 Å². The van der Waals surface area contributed by atoms with Crippen LogP contribution < -0.4 is 0 Å². The van der Waals surface area contributed by atoms with Gasteiger partial charge in [0.05, 0.1) is 0 Å². The molecule has 0 heterocycles. The molecule has 1 N–H and O–H groups in total. The lowest BCUT2D eigenvalue weighted by atomic mass is 9.70. The van der Waals surface area contributed by atoms with Crippen LogP contribution in [0.1, 0.15) is 68.7 Å². The second-order valence-electron chi connectivity index (χ2n) is 6.29. The summed E-state index contributed by atoms with van der Waals surface area (Å²) in [4.78, 5) is 11.5. The van der Waals surface area contributed by atoms with Crippen molar-refractivity contribution in [2.24, 2.45) is 16.7 Å². The zero-order valence-corrected chi connectivity index (χ0v) is 13.6. The molecule has 0 saturated carbocycles. The van der Waals surface area contributed by atoms with E-state index < -0.39 is 0 Å². The Morgan fingerprint density at radius 2 is 1.29 bits per heavy atom. The van der Waals surface area contributed by atoms with Crippen LogP contribution in [0.25, 0.3) is 0 Å². The summed E-state index contributed by atoms with van der Waals surface area (Å²) in [5, 5.41) is 7.00. The highest BCUT2D eigenvalue weighted by molar-refractivity contribution is 5.79. The molecule has 17 heavy (non-hydrogen) atoms. The summed E-state index contributed by atoms with van der Waals surface area (Å²) in [6, 6.07) is 0. The Bertz CT molecular complexity index is 182. The van der Waals surface area contributed by atoms with Gasteiger partial charge in [0, 0.05) is 13.0 Å². The van der Waals surface area contributed by atoms with E-state index in [9.17, 15) is 4.79 Å². The van der Waals surface area contributed by atoms with Crippen molar-refractivity contribution in [1.82, 2.24) is 0 Å². The van der Waals surface area contributed by atoms with Gasteiger partial charge in [0.1, 0.15) is 5.78 Å². The van der Waals surface area contributed by atoms with Gasteiger partial charge in [0.2, 0.25) is 0 Å². The van der Waals surface area contributed by atoms with Crippen LogP contribution in [-0.4, -0.2) is 18.0 Å². The molecule has 0 aliphatic carbocycles. The molecule has 0 amide bonds. The molecule has 0 fully saturated rings. The van der Waals surface area contributed by atoms with Crippen LogP contribution in [0.15, 0.2) is 0 Å². The van der Waals surface area contributed by atoms with Gasteiger partial charge in [-0.2, -0.15) is 0 Å². The largest absolute Gasteiger partial charge is 0.400 e. The van der Waals surface area contributed by atoms with Gasteiger partial charge in [-0.25, -0.2) is 0 Å². The second-order valence-corrected chi connectivity index (χ2v) is 6.29. The third kappa shape index (κ3) is 13.6. The van der Waals surface area contributed by atoms with Crippen LogP contribution in [0.2, 0.25) is 0 Å². The van der Waals surface area contributed by atoms with Gasteiger partial charge >= 0.3 is 0 Å². The van der Waals surface area contributed by atoms with E-state index in [1.165, 1.54) is 0 Å². The van der Waals surface area contributed by atoms with E-state index in [0.717, 1.165) is 13.5 Å². The number of aliphatic hydroxyl groups excluding tert-OH is 1. The van der Waals surface area contributed by atoms with Gasteiger partial charge in [0.15, 0.2) is 0 Å². The normalized spacial score (nSPS) is 12.6. The van der Waals surface area contributed by atoms with Gasteiger partial charge in [-0.3, -0.25) is 4.79 Å². The predicted octanol–water partition coefficient (Wildman–Crippen LogP) is 4.31. The fourth-order valence-electron chi connectivity index (χ4n) is 1.67. The fourth-order valence-corrected chi connectivity index (χ4v) is 1.67. The molecular formula is C15H34O2. The monoisotopic (exact) mass is 246 g/mol. The number of carbonyl (C=O) groups is 1. The smallest absolute Gasteiger partial charge is 0.133 e. The van der Waals surface area contributed by atoms with Crippen molar-refractivity contribution in [3.05, 3.63) is 0 Å². The van der Waals surface area contributed by atoms with Gasteiger partial charge in [0.25, 0.3) is 0 Å². The van der Waals surface area contributed by atoms with Crippen molar-refractivity contribution in [1.29, 1.82) is 0 Å². The summed E-state index contributed by atoms with van der Waals surface area (Å²) in [6.45, 7) is 18.7. The maximum absolute atomic E-state index is 11.5. The summed E-state index contributed by atoms with van der Waals surface area (Å²) in [5.74, 6) is 0.509. The van der Waals surface area contributed by atoms with Crippen LogP contribution in [-0.2, 0) is 4.79 Å². The van der Waals surface area contributed by atoms with Crippen molar-refractivity contribution < 1.29 is 9.90 Å². The zero-order valence-electron chi connectivity index (χ0n) is 13.6. The molecule has 0 saturated heterocycles. The molecule has 1 unspecified atom stereocenters. The van der Waals surface area contributed by atoms with Crippen molar-refractivity contribution in [3.8, 4) is 0 Å². The number of Topliss-reactive ketones (excluding diaryl/α,β-unsaturated/α-hetero) is 1. The molecule has 1 atom stereocenters. The predicted molar refractivity (Wildman–Crippen MR) is 77.2 cm³/mol. The van der Waals surface area contributed by atoms with Gasteiger partial charge in [-0.05, 0) is 24.2 Å². The molecule has 0 aliphatic rings. The number of carbonyl (C=O) groups excluding carboxylic acids is 1. The standard InChI is InChI=1S/C12H24O.C2H6.CH4O/c1-9(13)10(12(5,6)7)8-11(2,3)4;2*1-2/h10H,8H2,1-7H3;1-2H3;2H,1H3. The highest BCUT2D eigenvalue weighted by atomic mass is 16.2. The molecule has 0 rings (SSSR count). The van der Waals surface area contributed by atoms with Gasteiger partial charge < -0.3 is 5.11 Å². The molecule has 0 aromatic carbocycles. The van der Waals surface area contributed by atoms with E-state index in [1.807, 2.05) is 13.8 Å². The first-order chi connectivity index (χ1) is 7.54. The summed E-state index contributed by atoms with van der Waals surface area (Å²) in [6.07, 6.45) is 0.978. The van der Waals surface area contributed by atoms with Crippen molar-refractivity contribution >= 4 is 5.78 Å². The van der Waals surface area contributed by atoms with E-state index in [-0.39, 0.29) is 16.7 Å². The molecule has 0 aromatic rings. The van der Waals surface area contributed by atoms with Crippen LogP contribution in [0.4, 0.5) is 0 Å². The second kappa shape index (κ2) is 9.64. The number of hydrogen-bond donors (Lipinski definition) is 1. The number of hydrogen-bond acceptors (Lipinski definition) is 2. The molecular weight excluding hydrogens is 212 g/mol. The Balaban J connectivity index is -0.000000439. The van der Waals surface area contributed by atoms with Crippen LogP contribution >= 0.6 is 0 Å². The van der Waals surface area contributed by atoms with Crippen LogP contribution in [0, 0.1) is 16.7 Å². The molecule has 0 spiro atoms. The first-order valence-corrected chi connectivity index (χ1v) is 6.49. The number of ketones is 1. The number of rotatable bonds is 2. The quantitative estimate of drug-likeness (QED) is 0.788. The highest BCUT2D eigenvalue weighted by Crippen LogP contribution is 2.36. The Labute approximate surface area is 109 Å². The average molecular weight is 246 g/mol. The zero-order chi connectivity index (χ0) is 14.9. The minimum atomic E-state index is 0.0963. The minimum Gasteiger partial charge on any atom is -0.400 e. The SMILES string of the molecule is CC.CC(=O)C(CC(C)(C)C)C(C)(C)C.CO. The van der Waals surface area contributed by atoms with Crippen LogP contribution in [0.5, 0.6) is 0 Å². The third-order valence-corrected chi connectivity index (χ3v) is 2.35. The van der Waals surface area contributed by atoms with Gasteiger partial charge in [-0.1, -0.05) is 55.4 Å².